The summed E-state index contributed by atoms with van der Waals surface area (Å²) in [5.74, 6) is -2.32. The van der Waals surface area contributed by atoms with Crippen LogP contribution in [-0.4, -0.2) is 79.2 Å². The highest BCUT2D eigenvalue weighted by Gasteiger charge is 2.50. The van der Waals surface area contributed by atoms with E-state index in [0.717, 1.165) is 43.7 Å². The van der Waals surface area contributed by atoms with Crippen LogP contribution in [0.5, 0.6) is 11.5 Å². The predicted molar refractivity (Wildman–Crippen MR) is 139 cm³/mol. The second-order valence-corrected chi connectivity index (χ2v) is 9.73. The third kappa shape index (κ3) is 6.95. The summed E-state index contributed by atoms with van der Waals surface area (Å²) in [5, 5.41) is 22.1. The second kappa shape index (κ2) is 12.5. The molecular formula is C27H32F3N3O7. The number of methoxy groups -OCH3 is 2. The van der Waals surface area contributed by atoms with Crippen molar-refractivity contribution in [2.45, 2.75) is 49.4 Å². The van der Waals surface area contributed by atoms with Crippen LogP contribution in [0.1, 0.15) is 41.6 Å². The smallest absolute Gasteiger partial charge is 0.490 e. The van der Waals surface area contributed by atoms with Crippen LogP contribution in [0.25, 0.3) is 0 Å². The van der Waals surface area contributed by atoms with E-state index in [4.69, 9.17) is 24.5 Å². The number of nitrogens with zero attached hydrogens (tertiary/aromatic N) is 1. The van der Waals surface area contributed by atoms with Crippen molar-refractivity contribution in [3.8, 4) is 11.5 Å². The van der Waals surface area contributed by atoms with E-state index < -0.39 is 18.1 Å². The molecule has 0 radical (unpaired) electrons. The van der Waals surface area contributed by atoms with Crippen LogP contribution >= 0.6 is 0 Å². The number of carbonyl (C=O) groups is 3. The minimum atomic E-state index is -5.08. The molecule has 4 rings (SSSR count). The highest BCUT2D eigenvalue weighted by molar-refractivity contribution is 5.93. The molecule has 1 heterocycles. The number of likely N-dealkylation sites (N-methyl/N-ethyl adjacent to an activating group) is 1. The zero-order valence-electron chi connectivity index (χ0n) is 22.2. The van der Waals surface area contributed by atoms with Crippen molar-refractivity contribution in [3.63, 3.8) is 0 Å². The normalized spacial score (nSPS) is 22.2. The van der Waals surface area contributed by atoms with E-state index in [1.165, 1.54) is 17.7 Å². The summed E-state index contributed by atoms with van der Waals surface area (Å²) >= 11 is 0. The Morgan fingerprint density at radius 2 is 1.70 bits per heavy atom. The van der Waals surface area contributed by atoms with Gasteiger partial charge in [0, 0.05) is 23.2 Å². The lowest BCUT2D eigenvalue weighted by molar-refractivity contribution is -0.192. The lowest BCUT2D eigenvalue weighted by Crippen LogP contribution is -2.52. The number of fused-ring (bicyclic) bond motifs is 1. The summed E-state index contributed by atoms with van der Waals surface area (Å²) in [4.78, 5) is 35.1. The first-order valence-electron chi connectivity index (χ1n) is 12.4. The Balaban J connectivity index is 0.000000559. The summed E-state index contributed by atoms with van der Waals surface area (Å²) in [6, 6.07) is 12.5. The number of alkyl halides is 3. The molecule has 0 unspecified atom stereocenters. The van der Waals surface area contributed by atoms with Crippen LogP contribution in [0, 0.1) is 0 Å². The van der Waals surface area contributed by atoms with Crippen LogP contribution in [0.2, 0.25) is 0 Å². The van der Waals surface area contributed by atoms with Crippen molar-refractivity contribution in [2.24, 2.45) is 0 Å². The Morgan fingerprint density at radius 3 is 2.30 bits per heavy atom. The van der Waals surface area contributed by atoms with Crippen LogP contribution in [-0.2, 0) is 10.2 Å². The van der Waals surface area contributed by atoms with Gasteiger partial charge in [0.1, 0.15) is 0 Å². The molecule has 2 aromatic rings. The van der Waals surface area contributed by atoms with Gasteiger partial charge in [-0.25, -0.2) is 14.4 Å². The highest BCUT2D eigenvalue weighted by atomic mass is 19.4. The number of likely N-dealkylation sites (tertiary alicyclic amines) is 1. The molecule has 218 valence electrons. The predicted octanol–water partition coefficient (Wildman–Crippen LogP) is 4.35. The fraction of sp³-hybridized carbons (Fsp3) is 0.444. The topological polar surface area (TPSA) is 137 Å². The number of rotatable bonds is 6. The quantitative estimate of drug-likeness (QED) is 0.404. The molecular weight excluding hydrogens is 535 g/mol. The number of urea groups is 1. The first-order chi connectivity index (χ1) is 18.8. The molecule has 0 aromatic heterocycles. The average molecular weight is 568 g/mol. The molecule has 10 nitrogen and oxygen atoms in total. The SMILES string of the molecule is COc1ccc([C@@]23CC[C@@H](NC(=O)Nc4cccc(C(=O)O)c4)C[C@@H]2N(C)CC3)cc1OC.O=C(O)C(F)(F)F. The number of halogens is 3. The van der Waals surface area contributed by atoms with Crippen molar-refractivity contribution in [3.05, 3.63) is 53.6 Å². The number of carboxylic acids is 2. The first kappa shape index (κ1) is 30.5. The van der Waals surface area contributed by atoms with Gasteiger partial charge in [-0.15, -0.1) is 0 Å². The van der Waals surface area contributed by atoms with Gasteiger partial charge in [0.05, 0.1) is 19.8 Å². The van der Waals surface area contributed by atoms with Crippen molar-refractivity contribution in [1.29, 1.82) is 0 Å². The molecule has 2 fully saturated rings. The summed E-state index contributed by atoms with van der Waals surface area (Å²) in [6.45, 7) is 1.000. The van der Waals surface area contributed by atoms with Gasteiger partial charge in [0.2, 0.25) is 0 Å². The summed E-state index contributed by atoms with van der Waals surface area (Å²) < 4.78 is 42.7. The van der Waals surface area contributed by atoms with E-state index in [2.05, 4.69) is 34.7 Å². The van der Waals surface area contributed by atoms with E-state index in [-0.39, 0.29) is 23.1 Å². The van der Waals surface area contributed by atoms with Gasteiger partial charge in [-0.2, -0.15) is 13.2 Å². The van der Waals surface area contributed by atoms with E-state index in [0.29, 0.717) is 11.7 Å². The van der Waals surface area contributed by atoms with Gasteiger partial charge < -0.3 is 35.2 Å². The number of aromatic carboxylic acids is 1. The van der Waals surface area contributed by atoms with Crippen molar-refractivity contribution < 1.29 is 47.2 Å². The highest BCUT2D eigenvalue weighted by Crippen LogP contribution is 2.49. The van der Waals surface area contributed by atoms with Crippen molar-refractivity contribution in [2.75, 3.05) is 33.1 Å². The zero-order valence-corrected chi connectivity index (χ0v) is 22.2. The monoisotopic (exact) mass is 567 g/mol. The molecule has 40 heavy (non-hydrogen) atoms. The first-order valence-corrected chi connectivity index (χ1v) is 12.4. The number of amides is 2. The molecule has 2 amide bonds. The van der Waals surface area contributed by atoms with Gasteiger partial charge in [-0.05, 0) is 75.2 Å². The number of hydrogen-bond donors (Lipinski definition) is 4. The minimum absolute atomic E-state index is 0.0127. The van der Waals surface area contributed by atoms with Gasteiger partial charge in [0.25, 0.3) is 0 Å². The Labute approximate surface area is 229 Å². The van der Waals surface area contributed by atoms with E-state index in [1.807, 2.05) is 6.07 Å². The standard InChI is InChI=1S/C25H31N3O5.C2HF3O2/c1-28-12-11-25(17-7-8-20(32-2)21(14-17)33-3)10-9-19(15-22(25)28)27-24(31)26-18-6-4-5-16(13-18)23(29)30;3-2(4,5)1(6)7/h4-8,13-14,19,22H,9-12,15H2,1-3H3,(H,29,30)(H2,26,27,31);(H,6,7)/t19-,22+,25+;/m1./s1. The van der Waals surface area contributed by atoms with Gasteiger partial charge >= 0.3 is 24.1 Å². The Kier molecular flexibility index (Phi) is 9.51. The molecule has 1 aliphatic heterocycles. The average Bonchev–Trinajstić information content (AvgIpc) is 3.25. The lowest BCUT2D eigenvalue weighted by atomic mass is 9.65. The molecule has 0 spiro atoms. The van der Waals surface area contributed by atoms with E-state index in [1.54, 1.807) is 26.4 Å². The maximum atomic E-state index is 12.6. The largest absolute Gasteiger partial charge is 0.493 e. The lowest BCUT2D eigenvalue weighted by Gasteiger charge is -2.45. The Bertz CT molecular complexity index is 1240. The van der Waals surface area contributed by atoms with E-state index in [9.17, 15) is 22.8 Å². The number of carbonyl (C=O) groups excluding carboxylic acids is 1. The minimum Gasteiger partial charge on any atom is -0.493 e. The summed E-state index contributed by atoms with van der Waals surface area (Å²) in [7, 11) is 5.44. The number of benzene rings is 2. The summed E-state index contributed by atoms with van der Waals surface area (Å²) in [6.07, 6.45) is -1.36. The van der Waals surface area contributed by atoms with Crippen LogP contribution in [0.3, 0.4) is 0 Å². The molecule has 0 bridgehead atoms. The Hall–Kier alpha value is -4.00. The van der Waals surface area contributed by atoms with Crippen LogP contribution in [0.15, 0.2) is 42.5 Å². The third-order valence-electron chi connectivity index (χ3n) is 7.43. The molecule has 2 aliphatic rings. The van der Waals surface area contributed by atoms with Crippen LogP contribution < -0.4 is 20.1 Å². The molecule has 3 atom stereocenters. The maximum Gasteiger partial charge on any atom is 0.490 e. The molecule has 2 aromatic carbocycles. The molecule has 1 saturated heterocycles. The fourth-order valence-electron chi connectivity index (χ4n) is 5.48. The molecule has 13 heteroatoms. The van der Waals surface area contributed by atoms with Crippen LogP contribution in [0.4, 0.5) is 23.7 Å². The summed E-state index contributed by atoms with van der Waals surface area (Å²) in [5.41, 5.74) is 1.86. The second-order valence-electron chi connectivity index (χ2n) is 9.73. The number of ether oxygens (including phenoxy) is 2. The van der Waals surface area contributed by atoms with Gasteiger partial charge in [0.15, 0.2) is 11.5 Å². The molecule has 1 aliphatic carbocycles. The van der Waals surface area contributed by atoms with E-state index >= 15 is 0 Å². The molecule has 4 N–H and O–H groups in total. The van der Waals surface area contributed by atoms with Gasteiger partial charge in [-0.1, -0.05) is 12.1 Å². The number of carboxylic acid groups (broad SMARTS) is 2. The Morgan fingerprint density at radius 1 is 1.02 bits per heavy atom. The van der Waals surface area contributed by atoms with Crippen molar-refractivity contribution >= 4 is 23.7 Å². The number of anilines is 1. The fourth-order valence-corrected chi connectivity index (χ4v) is 5.48. The number of hydrogen-bond acceptors (Lipinski definition) is 6. The number of aliphatic carboxylic acids is 1. The number of nitrogens with one attached hydrogen (secondary N) is 2. The van der Waals surface area contributed by atoms with Crippen molar-refractivity contribution in [1.82, 2.24) is 10.2 Å². The van der Waals surface area contributed by atoms with Gasteiger partial charge in [-0.3, -0.25) is 0 Å². The zero-order chi connectivity index (χ0) is 29.7. The molecule has 1 saturated carbocycles. The third-order valence-corrected chi connectivity index (χ3v) is 7.43. The maximum absolute atomic E-state index is 12.6.